The summed E-state index contributed by atoms with van der Waals surface area (Å²) in [6.07, 6.45) is 6.43. The van der Waals surface area contributed by atoms with E-state index in [-0.39, 0.29) is 5.41 Å². The first-order valence-corrected chi connectivity index (χ1v) is 11.0. The zero-order valence-electron chi connectivity index (χ0n) is 18.2. The van der Waals surface area contributed by atoms with Crippen LogP contribution in [0.5, 0.6) is 5.75 Å². The van der Waals surface area contributed by atoms with Gasteiger partial charge in [-0.2, -0.15) is 8.78 Å². The van der Waals surface area contributed by atoms with Crippen LogP contribution in [0.4, 0.5) is 8.78 Å². The van der Waals surface area contributed by atoms with Gasteiger partial charge in [-0.15, -0.1) is 0 Å². The molecule has 1 saturated heterocycles. The minimum absolute atomic E-state index is 0.214. The van der Waals surface area contributed by atoms with Crippen LogP contribution in [-0.2, 0) is 17.9 Å². The molecule has 1 saturated carbocycles. The third-order valence-electron chi connectivity index (χ3n) is 6.52. The molecule has 1 aromatic carbocycles. The first-order chi connectivity index (χ1) is 15.1. The molecule has 2 heterocycles. The average Bonchev–Trinajstić information content (AvgIpc) is 3.20. The fourth-order valence-electron chi connectivity index (χ4n) is 4.58. The van der Waals surface area contributed by atoms with Crippen LogP contribution >= 0.6 is 0 Å². The van der Waals surface area contributed by atoms with Crippen LogP contribution in [0.3, 0.4) is 0 Å². The van der Waals surface area contributed by atoms with Gasteiger partial charge < -0.3 is 14.4 Å². The maximum atomic E-state index is 13.0. The molecular formula is C23H32F2N4O2. The lowest BCUT2D eigenvalue weighted by Crippen LogP contribution is -2.52. The number of imidazole rings is 1. The zero-order chi connectivity index (χ0) is 21.7. The highest BCUT2D eigenvalue weighted by Gasteiger charge is 2.40. The van der Waals surface area contributed by atoms with E-state index in [2.05, 4.69) is 20.9 Å². The fourth-order valence-corrected chi connectivity index (χ4v) is 4.58. The van der Waals surface area contributed by atoms with Gasteiger partial charge in [-0.1, -0.05) is 18.6 Å². The third kappa shape index (κ3) is 5.61. The van der Waals surface area contributed by atoms with Gasteiger partial charge in [-0.25, -0.2) is 4.98 Å². The Morgan fingerprint density at radius 2 is 1.90 bits per heavy atom. The molecule has 2 aliphatic rings. The lowest BCUT2D eigenvalue weighted by Gasteiger charge is -2.46. The molecule has 0 unspecified atom stereocenters. The van der Waals surface area contributed by atoms with E-state index in [1.165, 1.54) is 31.7 Å². The summed E-state index contributed by atoms with van der Waals surface area (Å²) >= 11 is 0. The van der Waals surface area contributed by atoms with Gasteiger partial charge in [0.2, 0.25) is 0 Å². The number of piperazine rings is 1. The molecule has 31 heavy (non-hydrogen) atoms. The molecule has 4 rings (SSSR count). The van der Waals surface area contributed by atoms with E-state index in [1.54, 1.807) is 7.11 Å². The molecule has 0 radical (unpaired) electrons. The minimum atomic E-state index is -2.53. The van der Waals surface area contributed by atoms with Gasteiger partial charge in [-0.3, -0.25) is 9.47 Å². The first kappa shape index (κ1) is 22.2. The summed E-state index contributed by atoms with van der Waals surface area (Å²) in [6, 6.07) is 8.11. The summed E-state index contributed by atoms with van der Waals surface area (Å²) in [5.74, 6) is 1.34. The second kappa shape index (κ2) is 10.1. The van der Waals surface area contributed by atoms with E-state index in [0.29, 0.717) is 19.0 Å². The summed E-state index contributed by atoms with van der Waals surface area (Å²) in [4.78, 5) is 8.82. The molecule has 0 atom stereocenters. The lowest BCUT2D eigenvalue weighted by molar-refractivity contribution is 0.000194. The highest BCUT2D eigenvalue weighted by molar-refractivity contribution is 5.28. The third-order valence-corrected chi connectivity index (χ3v) is 6.52. The maximum absolute atomic E-state index is 13.0. The van der Waals surface area contributed by atoms with Crippen LogP contribution in [0.25, 0.3) is 0 Å². The molecule has 8 heteroatoms. The van der Waals surface area contributed by atoms with Crippen molar-refractivity contribution in [2.24, 2.45) is 5.41 Å². The molecule has 0 bridgehead atoms. The van der Waals surface area contributed by atoms with E-state index in [4.69, 9.17) is 9.47 Å². The van der Waals surface area contributed by atoms with Gasteiger partial charge in [0.15, 0.2) is 0 Å². The summed E-state index contributed by atoms with van der Waals surface area (Å²) < 4.78 is 38.4. The predicted molar refractivity (Wildman–Crippen MR) is 114 cm³/mol. The summed E-state index contributed by atoms with van der Waals surface area (Å²) in [7, 11) is 1.70. The Labute approximate surface area is 182 Å². The van der Waals surface area contributed by atoms with E-state index in [0.717, 1.165) is 55.2 Å². The number of rotatable bonds is 10. The summed E-state index contributed by atoms with van der Waals surface area (Å²) in [5, 5.41) is 0. The van der Waals surface area contributed by atoms with Crippen molar-refractivity contribution in [2.45, 2.75) is 39.0 Å². The van der Waals surface area contributed by atoms with Gasteiger partial charge >= 0.3 is 6.55 Å². The Hall–Kier alpha value is -2.03. The minimum Gasteiger partial charge on any atom is -0.493 e. The number of nitrogens with zero attached hydrogens (tertiary/aromatic N) is 4. The molecule has 2 aromatic rings. The normalized spacial score (nSPS) is 19.5. The zero-order valence-corrected chi connectivity index (χ0v) is 18.2. The second-order valence-electron chi connectivity index (χ2n) is 8.80. The molecule has 2 fully saturated rings. The topological polar surface area (TPSA) is 42.8 Å². The van der Waals surface area contributed by atoms with Crippen LogP contribution < -0.4 is 4.74 Å². The molecule has 6 nitrogen and oxygen atoms in total. The van der Waals surface area contributed by atoms with Gasteiger partial charge in [0, 0.05) is 57.6 Å². The monoisotopic (exact) mass is 434 g/mol. The van der Waals surface area contributed by atoms with E-state index in [1.807, 2.05) is 18.2 Å². The number of aromatic nitrogens is 2. The Morgan fingerprint density at radius 1 is 1.13 bits per heavy atom. The van der Waals surface area contributed by atoms with Gasteiger partial charge in [0.05, 0.1) is 19.8 Å². The number of hydrogen-bond acceptors (Lipinski definition) is 5. The lowest BCUT2D eigenvalue weighted by atomic mass is 9.69. The van der Waals surface area contributed by atoms with E-state index in [9.17, 15) is 8.78 Å². The summed E-state index contributed by atoms with van der Waals surface area (Å²) in [5.41, 5.74) is 1.33. The van der Waals surface area contributed by atoms with Crippen LogP contribution in [0.2, 0.25) is 0 Å². The van der Waals surface area contributed by atoms with Crippen molar-refractivity contribution in [2.75, 3.05) is 46.4 Å². The van der Waals surface area contributed by atoms with Crippen LogP contribution in [0.15, 0.2) is 36.7 Å². The molecule has 1 aliphatic heterocycles. The van der Waals surface area contributed by atoms with Crippen molar-refractivity contribution < 1.29 is 18.3 Å². The summed E-state index contributed by atoms with van der Waals surface area (Å²) in [6.45, 7) is 3.91. The van der Waals surface area contributed by atoms with Crippen molar-refractivity contribution >= 4 is 0 Å². The van der Waals surface area contributed by atoms with Crippen LogP contribution in [-0.4, -0.2) is 65.8 Å². The largest absolute Gasteiger partial charge is 0.493 e. The van der Waals surface area contributed by atoms with Gasteiger partial charge in [0.25, 0.3) is 0 Å². The number of hydrogen-bond donors (Lipinski definition) is 0. The quantitative estimate of drug-likeness (QED) is 0.569. The smallest absolute Gasteiger partial charge is 0.319 e. The van der Waals surface area contributed by atoms with E-state index >= 15 is 0 Å². The first-order valence-electron chi connectivity index (χ1n) is 11.0. The molecule has 170 valence electrons. The fraction of sp³-hybridized carbons (Fsp3) is 0.609. The van der Waals surface area contributed by atoms with Gasteiger partial charge in [-0.05, 0) is 30.5 Å². The van der Waals surface area contributed by atoms with Crippen LogP contribution in [0, 0.1) is 5.41 Å². The molecule has 0 spiro atoms. The van der Waals surface area contributed by atoms with Crippen molar-refractivity contribution in [1.29, 1.82) is 0 Å². The van der Waals surface area contributed by atoms with E-state index < -0.39 is 6.55 Å². The number of alkyl halides is 2. The highest BCUT2D eigenvalue weighted by Crippen LogP contribution is 2.42. The Kier molecular flexibility index (Phi) is 7.20. The van der Waals surface area contributed by atoms with Crippen LogP contribution in [0.1, 0.15) is 37.2 Å². The van der Waals surface area contributed by atoms with Gasteiger partial charge in [0.1, 0.15) is 11.6 Å². The molecule has 0 N–H and O–H groups in total. The Balaban J connectivity index is 1.26. The average molecular weight is 435 g/mol. The Morgan fingerprint density at radius 3 is 2.58 bits per heavy atom. The Bertz CT molecular complexity index is 832. The standard InChI is InChI=1S/C23H32F2N4O2/c1-30-16-19-4-2-5-20(14-19)31-18-23(6-3-7-23)17-28-12-10-27(11-13-28)15-21-26-8-9-29(21)22(24)25/h2,4-5,8-9,14,22H,3,6-7,10-13,15-18H2,1H3. The molecule has 1 aromatic heterocycles. The van der Waals surface area contributed by atoms with Crippen molar-refractivity contribution in [1.82, 2.24) is 19.4 Å². The number of halogens is 2. The molecular weight excluding hydrogens is 402 g/mol. The predicted octanol–water partition coefficient (Wildman–Crippen LogP) is 3.79. The molecule has 1 aliphatic carbocycles. The SMILES string of the molecule is COCc1cccc(OCC2(CN3CCN(Cc4nccn4C(F)F)CC3)CCC2)c1. The maximum Gasteiger partial charge on any atom is 0.319 e. The van der Waals surface area contributed by atoms with Crippen molar-refractivity contribution in [3.8, 4) is 5.75 Å². The number of benzene rings is 1. The number of ether oxygens (including phenoxy) is 2. The number of methoxy groups -OCH3 is 1. The van der Waals surface area contributed by atoms with Crippen molar-refractivity contribution in [3.05, 3.63) is 48.0 Å². The second-order valence-corrected chi connectivity index (χ2v) is 8.80. The van der Waals surface area contributed by atoms with Crippen molar-refractivity contribution in [3.63, 3.8) is 0 Å². The highest BCUT2D eigenvalue weighted by atomic mass is 19.3. The molecule has 0 amide bonds.